The molecule has 13 heavy (non-hydrogen) atoms. The fourth-order valence-corrected chi connectivity index (χ4v) is 1.99. The maximum absolute atomic E-state index is 4.17. The normalized spacial score (nSPS) is 28.8. The van der Waals surface area contributed by atoms with Crippen LogP contribution in [0.3, 0.4) is 0 Å². The van der Waals surface area contributed by atoms with Crippen LogP contribution in [0.1, 0.15) is 40.5 Å². The maximum atomic E-state index is 4.17. The maximum Gasteiger partial charge on any atom is 0.0282 e. The molecule has 1 saturated heterocycles. The molecule has 1 nitrogen and oxygen atoms in total. The van der Waals surface area contributed by atoms with Crippen LogP contribution in [0, 0.1) is 11.8 Å². The van der Waals surface area contributed by atoms with Crippen molar-refractivity contribution >= 4 is 0 Å². The second-order valence-electron chi connectivity index (χ2n) is 4.88. The lowest BCUT2D eigenvalue weighted by molar-refractivity contribution is 0.434. The molecule has 1 aliphatic rings. The molecule has 0 aromatic heterocycles. The minimum atomic E-state index is 0.576. The van der Waals surface area contributed by atoms with Crippen molar-refractivity contribution in [2.75, 3.05) is 0 Å². The Morgan fingerprint density at radius 2 is 1.85 bits per heavy atom. The second kappa shape index (κ2) is 4.28. The lowest BCUT2D eigenvalue weighted by Crippen LogP contribution is -2.34. The topological polar surface area (TPSA) is 12.0 Å². The van der Waals surface area contributed by atoms with Crippen LogP contribution in [0.25, 0.3) is 0 Å². The third-order valence-electron chi connectivity index (χ3n) is 3.18. The third-order valence-corrected chi connectivity index (χ3v) is 3.18. The molecular formula is C12H23N. The van der Waals surface area contributed by atoms with Crippen molar-refractivity contribution in [3.05, 3.63) is 12.2 Å². The first kappa shape index (κ1) is 10.8. The van der Waals surface area contributed by atoms with Crippen LogP contribution in [0.5, 0.6) is 0 Å². The van der Waals surface area contributed by atoms with E-state index in [2.05, 4.69) is 39.6 Å². The van der Waals surface area contributed by atoms with E-state index >= 15 is 0 Å². The number of hydrogen-bond acceptors (Lipinski definition) is 1. The Morgan fingerprint density at radius 1 is 1.23 bits per heavy atom. The Labute approximate surface area is 82.6 Å². The Bertz CT molecular complexity index is 182. The van der Waals surface area contributed by atoms with Gasteiger partial charge in [-0.15, -0.1) is 0 Å². The van der Waals surface area contributed by atoms with Gasteiger partial charge in [0.1, 0.15) is 0 Å². The molecule has 1 fully saturated rings. The first-order valence-corrected chi connectivity index (χ1v) is 5.47. The highest BCUT2D eigenvalue weighted by atomic mass is 15.0. The summed E-state index contributed by atoms with van der Waals surface area (Å²) in [5, 5.41) is 3.67. The minimum absolute atomic E-state index is 0.576. The zero-order chi connectivity index (χ0) is 10.0. The minimum Gasteiger partial charge on any atom is -0.307 e. The Balaban J connectivity index is 2.45. The second-order valence-corrected chi connectivity index (χ2v) is 4.88. The highest BCUT2D eigenvalue weighted by Gasteiger charge is 2.27. The first-order chi connectivity index (χ1) is 6.02. The van der Waals surface area contributed by atoms with E-state index in [4.69, 9.17) is 0 Å². The van der Waals surface area contributed by atoms with Gasteiger partial charge < -0.3 is 5.32 Å². The van der Waals surface area contributed by atoms with Gasteiger partial charge in [-0.1, -0.05) is 39.8 Å². The SMILES string of the molecule is C=C(C(C)C)C1CCC(C(C)C)N1. The van der Waals surface area contributed by atoms with Crippen molar-refractivity contribution in [3.8, 4) is 0 Å². The predicted molar refractivity (Wildman–Crippen MR) is 58.8 cm³/mol. The van der Waals surface area contributed by atoms with E-state index < -0.39 is 0 Å². The lowest BCUT2D eigenvalue weighted by atomic mass is 9.96. The monoisotopic (exact) mass is 181 g/mol. The van der Waals surface area contributed by atoms with Gasteiger partial charge in [0, 0.05) is 12.1 Å². The zero-order valence-electron chi connectivity index (χ0n) is 9.43. The molecule has 0 spiro atoms. The molecule has 0 amide bonds. The zero-order valence-corrected chi connectivity index (χ0v) is 9.43. The molecule has 1 aliphatic heterocycles. The highest BCUT2D eigenvalue weighted by molar-refractivity contribution is 5.11. The molecule has 0 aromatic rings. The predicted octanol–water partition coefficient (Wildman–Crippen LogP) is 2.98. The van der Waals surface area contributed by atoms with Crippen molar-refractivity contribution in [1.29, 1.82) is 0 Å². The van der Waals surface area contributed by atoms with Gasteiger partial charge in [-0.25, -0.2) is 0 Å². The Morgan fingerprint density at radius 3 is 2.23 bits per heavy atom. The molecule has 0 saturated carbocycles. The summed E-state index contributed by atoms with van der Waals surface area (Å²) in [5.41, 5.74) is 1.38. The van der Waals surface area contributed by atoms with Crippen molar-refractivity contribution in [3.63, 3.8) is 0 Å². The van der Waals surface area contributed by atoms with E-state index in [9.17, 15) is 0 Å². The van der Waals surface area contributed by atoms with Crippen LogP contribution in [-0.2, 0) is 0 Å². The van der Waals surface area contributed by atoms with Gasteiger partial charge in [-0.2, -0.15) is 0 Å². The van der Waals surface area contributed by atoms with Crippen molar-refractivity contribution in [2.45, 2.75) is 52.6 Å². The van der Waals surface area contributed by atoms with Crippen LogP contribution in [0.2, 0.25) is 0 Å². The van der Waals surface area contributed by atoms with E-state index in [-0.39, 0.29) is 0 Å². The molecule has 1 heteroatoms. The van der Waals surface area contributed by atoms with Crippen LogP contribution >= 0.6 is 0 Å². The number of nitrogens with one attached hydrogen (secondary N) is 1. The molecule has 2 unspecified atom stereocenters. The van der Waals surface area contributed by atoms with Gasteiger partial charge in [0.25, 0.3) is 0 Å². The molecule has 1 N–H and O–H groups in total. The van der Waals surface area contributed by atoms with Crippen molar-refractivity contribution < 1.29 is 0 Å². The molecular weight excluding hydrogens is 158 g/mol. The summed E-state index contributed by atoms with van der Waals surface area (Å²) in [6.07, 6.45) is 2.59. The first-order valence-electron chi connectivity index (χ1n) is 5.47. The summed E-state index contributed by atoms with van der Waals surface area (Å²) >= 11 is 0. The largest absolute Gasteiger partial charge is 0.307 e. The molecule has 2 atom stereocenters. The van der Waals surface area contributed by atoms with Gasteiger partial charge in [-0.05, 0) is 24.7 Å². The van der Waals surface area contributed by atoms with E-state index in [1.54, 1.807) is 0 Å². The average Bonchev–Trinajstić information content (AvgIpc) is 2.50. The van der Waals surface area contributed by atoms with Crippen LogP contribution in [0.15, 0.2) is 12.2 Å². The van der Waals surface area contributed by atoms with Gasteiger partial charge in [0.05, 0.1) is 0 Å². The summed E-state index contributed by atoms with van der Waals surface area (Å²) in [6, 6.07) is 1.29. The summed E-state index contributed by atoms with van der Waals surface area (Å²) in [5.74, 6) is 1.37. The van der Waals surface area contributed by atoms with Crippen LogP contribution in [-0.4, -0.2) is 12.1 Å². The lowest BCUT2D eigenvalue weighted by Gasteiger charge is -2.20. The average molecular weight is 181 g/mol. The molecule has 0 radical (unpaired) electrons. The summed E-state index contributed by atoms with van der Waals surface area (Å²) in [4.78, 5) is 0. The standard InChI is InChI=1S/C12H23N/c1-8(2)10(5)12-7-6-11(13-12)9(3)4/h8-9,11-13H,5-7H2,1-4H3. The van der Waals surface area contributed by atoms with Crippen LogP contribution < -0.4 is 5.32 Å². The summed E-state index contributed by atoms with van der Waals surface area (Å²) < 4.78 is 0. The quantitative estimate of drug-likeness (QED) is 0.660. The summed E-state index contributed by atoms with van der Waals surface area (Å²) in [7, 11) is 0. The highest BCUT2D eigenvalue weighted by Crippen LogP contribution is 2.25. The third kappa shape index (κ3) is 2.57. The van der Waals surface area contributed by atoms with E-state index in [0.29, 0.717) is 18.0 Å². The molecule has 1 rings (SSSR count). The molecule has 0 aliphatic carbocycles. The van der Waals surface area contributed by atoms with Crippen molar-refractivity contribution in [1.82, 2.24) is 5.32 Å². The van der Waals surface area contributed by atoms with Gasteiger partial charge in [-0.3, -0.25) is 0 Å². The Hall–Kier alpha value is -0.300. The summed E-state index contributed by atoms with van der Waals surface area (Å²) in [6.45, 7) is 13.2. The van der Waals surface area contributed by atoms with E-state index in [1.165, 1.54) is 18.4 Å². The number of rotatable bonds is 3. The van der Waals surface area contributed by atoms with Gasteiger partial charge >= 0.3 is 0 Å². The molecule has 76 valence electrons. The van der Waals surface area contributed by atoms with E-state index in [1.807, 2.05) is 0 Å². The van der Waals surface area contributed by atoms with Gasteiger partial charge in [0.2, 0.25) is 0 Å². The fraction of sp³-hybridized carbons (Fsp3) is 0.833. The van der Waals surface area contributed by atoms with Crippen LogP contribution in [0.4, 0.5) is 0 Å². The van der Waals surface area contributed by atoms with E-state index in [0.717, 1.165) is 5.92 Å². The fourth-order valence-electron chi connectivity index (χ4n) is 1.99. The van der Waals surface area contributed by atoms with Crippen molar-refractivity contribution in [2.24, 2.45) is 11.8 Å². The van der Waals surface area contributed by atoms with Gasteiger partial charge in [0.15, 0.2) is 0 Å². The number of hydrogen-bond donors (Lipinski definition) is 1. The molecule has 0 aromatic carbocycles. The molecule has 1 heterocycles. The smallest absolute Gasteiger partial charge is 0.0282 e. The molecule has 0 bridgehead atoms. The Kier molecular flexibility index (Phi) is 3.55.